The van der Waals surface area contributed by atoms with E-state index in [1.165, 1.54) is 0 Å². The van der Waals surface area contributed by atoms with E-state index in [4.69, 9.17) is 0 Å². The number of rotatable bonds is 2. The molecule has 2 aromatic heterocycles. The van der Waals surface area contributed by atoms with E-state index in [2.05, 4.69) is 25.5 Å². The van der Waals surface area contributed by atoms with Crippen molar-refractivity contribution in [1.29, 1.82) is 0 Å². The molecule has 0 aromatic carbocycles. The number of nitrogens with one attached hydrogen (secondary N) is 1. The number of nitrogens with zero attached hydrogens (tertiary/aromatic N) is 7. The van der Waals surface area contributed by atoms with Crippen molar-refractivity contribution in [3.8, 4) is 0 Å². The van der Waals surface area contributed by atoms with Crippen molar-refractivity contribution >= 4 is 11.9 Å². The largest absolute Gasteiger partial charge is 0.348 e. The lowest BCUT2D eigenvalue weighted by molar-refractivity contribution is -0.133. The lowest BCUT2D eigenvalue weighted by atomic mass is 10.0. The van der Waals surface area contributed by atoms with Crippen LogP contribution in [-0.4, -0.2) is 68.2 Å². The van der Waals surface area contributed by atoms with Gasteiger partial charge in [-0.2, -0.15) is 0 Å². The van der Waals surface area contributed by atoms with Gasteiger partial charge in [0.1, 0.15) is 0 Å². The van der Waals surface area contributed by atoms with Crippen LogP contribution in [0.3, 0.4) is 0 Å². The highest BCUT2D eigenvalue weighted by atomic mass is 16.2. The molecule has 4 heterocycles. The minimum atomic E-state index is -0.313. The molecule has 10 nitrogen and oxygen atoms in total. The van der Waals surface area contributed by atoms with E-state index in [-0.39, 0.29) is 17.4 Å². The van der Waals surface area contributed by atoms with Crippen LogP contribution < -0.4 is 10.5 Å². The molecule has 0 bridgehead atoms. The summed E-state index contributed by atoms with van der Waals surface area (Å²) < 4.78 is 1.75. The molecule has 10 heteroatoms. The van der Waals surface area contributed by atoms with E-state index in [0.717, 1.165) is 31.5 Å². The van der Waals surface area contributed by atoms with Crippen molar-refractivity contribution in [2.75, 3.05) is 32.1 Å². The second-order valence-corrected chi connectivity index (χ2v) is 7.34. The van der Waals surface area contributed by atoms with Gasteiger partial charge in [-0.3, -0.25) is 14.6 Å². The van der Waals surface area contributed by atoms with Crippen molar-refractivity contribution in [1.82, 2.24) is 35.1 Å². The summed E-state index contributed by atoms with van der Waals surface area (Å²) in [5.74, 6) is 0.934. The Labute approximate surface area is 156 Å². The second kappa shape index (κ2) is 7.09. The first kappa shape index (κ1) is 17.6. The number of hydrogen-bond donors (Lipinski definition) is 1. The first-order chi connectivity index (χ1) is 13.0. The van der Waals surface area contributed by atoms with Crippen LogP contribution in [-0.2, 0) is 24.2 Å². The first-order valence-electron chi connectivity index (χ1n) is 9.39. The number of anilines is 1. The van der Waals surface area contributed by atoms with Crippen LogP contribution in [0.5, 0.6) is 0 Å². The first-order valence-corrected chi connectivity index (χ1v) is 9.39. The molecular formula is C17H24N8O2. The van der Waals surface area contributed by atoms with Crippen molar-refractivity contribution in [2.24, 2.45) is 0 Å². The number of carbonyl (C=O) groups excluding carboxylic acids is 1. The SMILES string of the molecule is CN(C)c1nc2c(c(=O)[nH]1)CCN(C(=O)C1CCCCn3nnnc31)CC2. The smallest absolute Gasteiger partial charge is 0.255 e. The number of tetrazole rings is 1. The molecule has 0 saturated carbocycles. The number of aromatic amines is 1. The molecule has 2 aromatic rings. The van der Waals surface area contributed by atoms with Crippen LogP contribution in [0.25, 0.3) is 0 Å². The fraction of sp³-hybridized carbons (Fsp3) is 0.647. The van der Waals surface area contributed by atoms with Crippen molar-refractivity contribution in [2.45, 2.75) is 44.6 Å². The fourth-order valence-electron chi connectivity index (χ4n) is 3.84. The average Bonchev–Trinajstić information content (AvgIpc) is 2.88. The number of hydrogen-bond acceptors (Lipinski definition) is 7. The van der Waals surface area contributed by atoms with E-state index in [9.17, 15) is 9.59 Å². The van der Waals surface area contributed by atoms with Crippen LogP contribution in [0, 0.1) is 0 Å². The van der Waals surface area contributed by atoms with Crippen LogP contribution in [0.2, 0.25) is 0 Å². The summed E-state index contributed by atoms with van der Waals surface area (Å²) in [6, 6.07) is 0. The van der Waals surface area contributed by atoms with E-state index in [1.807, 2.05) is 19.0 Å². The number of fused-ring (bicyclic) bond motifs is 2. The Morgan fingerprint density at radius 1 is 1.19 bits per heavy atom. The Balaban J connectivity index is 1.56. The summed E-state index contributed by atoms with van der Waals surface area (Å²) in [6.07, 6.45) is 3.77. The standard InChI is InChI=1S/C17H24N8O2/c1-23(2)17-18-13-7-10-24(9-6-11(13)15(26)19-17)16(27)12-5-3-4-8-25-14(12)20-21-22-25/h12H,3-10H2,1-2H3,(H,18,19,26). The van der Waals surface area contributed by atoms with Crippen LogP contribution >= 0.6 is 0 Å². The Bertz CT molecular complexity index is 903. The molecule has 0 saturated heterocycles. The quantitative estimate of drug-likeness (QED) is 0.771. The molecule has 2 aliphatic heterocycles. The third-order valence-electron chi connectivity index (χ3n) is 5.36. The van der Waals surface area contributed by atoms with Gasteiger partial charge in [-0.15, -0.1) is 5.10 Å². The third kappa shape index (κ3) is 3.31. The van der Waals surface area contributed by atoms with Gasteiger partial charge < -0.3 is 9.80 Å². The topological polar surface area (TPSA) is 113 Å². The Morgan fingerprint density at radius 3 is 2.81 bits per heavy atom. The lowest BCUT2D eigenvalue weighted by Crippen LogP contribution is -2.37. The van der Waals surface area contributed by atoms with Crippen molar-refractivity contribution < 1.29 is 4.79 Å². The molecule has 0 fully saturated rings. The van der Waals surface area contributed by atoms with Gasteiger partial charge in [0.25, 0.3) is 5.56 Å². The van der Waals surface area contributed by atoms with Gasteiger partial charge in [0, 0.05) is 45.7 Å². The van der Waals surface area contributed by atoms with Gasteiger partial charge in [0.2, 0.25) is 11.9 Å². The number of aromatic nitrogens is 6. The zero-order valence-corrected chi connectivity index (χ0v) is 15.7. The lowest BCUT2D eigenvalue weighted by Gasteiger charge is -2.24. The fourth-order valence-corrected chi connectivity index (χ4v) is 3.84. The van der Waals surface area contributed by atoms with Gasteiger partial charge in [0.15, 0.2) is 5.82 Å². The van der Waals surface area contributed by atoms with Crippen molar-refractivity contribution in [3.05, 3.63) is 27.4 Å². The number of H-pyrrole nitrogens is 1. The number of carbonyl (C=O) groups is 1. The van der Waals surface area contributed by atoms with Gasteiger partial charge >= 0.3 is 0 Å². The highest BCUT2D eigenvalue weighted by Crippen LogP contribution is 2.27. The second-order valence-electron chi connectivity index (χ2n) is 7.34. The minimum absolute atomic E-state index is 0.0463. The van der Waals surface area contributed by atoms with E-state index in [0.29, 0.717) is 43.3 Å². The van der Waals surface area contributed by atoms with Crippen LogP contribution in [0.4, 0.5) is 5.95 Å². The molecule has 1 unspecified atom stereocenters. The molecule has 1 amide bonds. The Kier molecular flexibility index (Phi) is 4.63. The van der Waals surface area contributed by atoms with Gasteiger partial charge in [0.05, 0.1) is 11.6 Å². The summed E-state index contributed by atoms with van der Waals surface area (Å²) in [4.78, 5) is 36.7. The van der Waals surface area contributed by atoms with E-state index < -0.39 is 0 Å². The Hall–Kier alpha value is -2.78. The van der Waals surface area contributed by atoms with Gasteiger partial charge in [-0.1, -0.05) is 6.42 Å². The number of amides is 1. The van der Waals surface area contributed by atoms with Crippen molar-refractivity contribution in [3.63, 3.8) is 0 Å². The highest BCUT2D eigenvalue weighted by molar-refractivity contribution is 5.83. The molecule has 0 aliphatic carbocycles. The minimum Gasteiger partial charge on any atom is -0.348 e. The zero-order valence-electron chi connectivity index (χ0n) is 15.7. The molecule has 1 atom stereocenters. The third-order valence-corrected chi connectivity index (χ3v) is 5.36. The molecular weight excluding hydrogens is 348 g/mol. The molecule has 27 heavy (non-hydrogen) atoms. The molecule has 0 spiro atoms. The molecule has 1 N–H and O–H groups in total. The predicted molar refractivity (Wildman–Crippen MR) is 97.6 cm³/mol. The zero-order chi connectivity index (χ0) is 19.0. The van der Waals surface area contributed by atoms with Crippen LogP contribution in [0.1, 0.15) is 42.3 Å². The summed E-state index contributed by atoms with van der Waals surface area (Å²) in [5, 5.41) is 11.9. The maximum absolute atomic E-state index is 13.2. The maximum Gasteiger partial charge on any atom is 0.255 e. The summed E-state index contributed by atoms with van der Waals surface area (Å²) >= 11 is 0. The Morgan fingerprint density at radius 2 is 2.00 bits per heavy atom. The summed E-state index contributed by atoms with van der Waals surface area (Å²) in [7, 11) is 3.68. The molecule has 0 radical (unpaired) electrons. The summed E-state index contributed by atoms with van der Waals surface area (Å²) in [5.41, 5.74) is 1.35. The number of aryl methyl sites for hydroxylation is 1. The van der Waals surface area contributed by atoms with E-state index >= 15 is 0 Å². The predicted octanol–water partition coefficient (Wildman–Crippen LogP) is -0.283. The van der Waals surface area contributed by atoms with Crippen LogP contribution in [0.15, 0.2) is 4.79 Å². The molecule has 2 aliphatic rings. The average molecular weight is 372 g/mol. The molecule has 144 valence electrons. The molecule has 4 rings (SSSR count). The monoisotopic (exact) mass is 372 g/mol. The normalized spacial score (nSPS) is 19.6. The van der Waals surface area contributed by atoms with E-state index in [1.54, 1.807) is 9.58 Å². The maximum atomic E-state index is 13.2. The van der Waals surface area contributed by atoms with Gasteiger partial charge in [-0.25, -0.2) is 9.67 Å². The van der Waals surface area contributed by atoms with Gasteiger partial charge in [-0.05, 0) is 29.7 Å². The summed E-state index contributed by atoms with van der Waals surface area (Å²) in [6.45, 7) is 1.81. The highest BCUT2D eigenvalue weighted by Gasteiger charge is 2.33.